The molecule has 3 N–H and O–H groups in total. The predicted octanol–water partition coefficient (Wildman–Crippen LogP) is 2.97. The van der Waals surface area contributed by atoms with E-state index >= 15 is 0 Å². The van der Waals surface area contributed by atoms with Crippen molar-refractivity contribution in [2.24, 2.45) is 0 Å². The maximum Gasteiger partial charge on any atom is 0.246 e. The number of nitrogen functional groups attached to an aromatic ring is 1. The molecule has 2 aliphatic heterocycles. The molecular formula is C28H32N6O5S. The third kappa shape index (κ3) is 5.22. The number of nitrogens with one attached hydrogen (secondary N) is 1. The van der Waals surface area contributed by atoms with Gasteiger partial charge in [0.25, 0.3) is 0 Å². The van der Waals surface area contributed by atoms with Gasteiger partial charge in [-0.2, -0.15) is 0 Å². The number of benzene rings is 2. The van der Waals surface area contributed by atoms with Gasteiger partial charge in [-0.05, 0) is 60.9 Å². The molecule has 0 atom stereocenters. The number of aromatic nitrogens is 3. The number of anilines is 2. The van der Waals surface area contributed by atoms with Gasteiger partial charge in [0.1, 0.15) is 4.90 Å². The van der Waals surface area contributed by atoms with Crippen LogP contribution < -0.4 is 20.1 Å². The van der Waals surface area contributed by atoms with Gasteiger partial charge < -0.3 is 24.8 Å². The minimum atomic E-state index is -3.88. The molecule has 2 aromatic heterocycles. The number of morpholine rings is 1. The molecule has 6 rings (SSSR count). The second kappa shape index (κ2) is 11.0. The highest BCUT2D eigenvalue weighted by Gasteiger charge is 2.26. The summed E-state index contributed by atoms with van der Waals surface area (Å²) in [6, 6.07) is 15.3. The second-order valence-electron chi connectivity index (χ2n) is 9.86. The van der Waals surface area contributed by atoms with Crippen LogP contribution in [0.5, 0.6) is 5.88 Å². The number of pyridine rings is 1. The Balaban J connectivity index is 1.35. The Morgan fingerprint density at radius 1 is 0.950 bits per heavy atom. The molecule has 0 bridgehead atoms. The van der Waals surface area contributed by atoms with Crippen molar-refractivity contribution >= 4 is 32.7 Å². The lowest BCUT2D eigenvalue weighted by Crippen LogP contribution is -2.39. The minimum absolute atomic E-state index is 0.00851. The Hall–Kier alpha value is -3.71. The van der Waals surface area contributed by atoms with Crippen molar-refractivity contribution in [3.63, 3.8) is 0 Å². The summed E-state index contributed by atoms with van der Waals surface area (Å²) >= 11 is 0. The second-order valence-corrected chi connectivity index (χ2v) is 11.5. The van der Waals surface area contributed by atoms with Crippen molar-refractivity contribution in [2.45, 2.75) is 23.8 Å². The molecule has 0 saturated carbocycles. The summed E-state index contributed by atoms with van der Waals surface area (Å²) in [4.78, 5) is 11.2. The fourth-order valence-electron chi connectivity index (χ4n) is 5.21. The summed E-state index contributed by atoms with van der Waals surface area (Å²) in [5, 5.41) is 0. The van der Waals surface area contributed by atoms with Gasteiger partial charge in [-0.3, -0.25) is 4.57 Å². The molecule has 11 nitrogen and oxygen atoms in total. The van der Waals surface area contributed by atoms with Crippen LogP contribution in [0.2, 0.25) is 0 Å². The zero-order valence-electron chi connectivity index (χ0n) is 22.2. The standard InChI is InChI=1S/C28H32N6O5S/c1-37-27-26(40(35,36)32-21-8-12-38-13-9-21)17-20(18-30-27)19-2-7-24-25(16-19)34(28(29)31-24)23-5-3-22(4-6-23)33-10-14-39-15-11-33/h2-7,16-18,21,32H,8-15H2,1H3,(H2,29,31). The lowest BCUT2D eigenvalue weighted by molar-refractivity contribution is 0.0832. The normalized spacial score (nSPS) is 16.9. The van der Waals surface area contributed by atoms with Crippen LogP contribution in [-0.4, -0.2) is 75.6 Å². The summed E-state index contributed by atoms with van der Waals surface area (Å²) in [5.74, 6) is 0.405. The van der Waals surface area contributed by atoms with Crippen LogP contribution in [0.3, 0.4) is 0 Å². The molecule has 2 aromatic carbocycles. The van der Waals surface area contributed by atoms with Gasteiger partial charge in [-0.1, -0.05) is 6.07 Å². The molecule has 40 heavy (non-hydrogen) atoms. The average Bonchev–Trinajstić information content (AvgIpc) is 3.32. The number of imidazole rings is 1. The van der Waals surface area contributed by atoms with E-state index in [2.05, 4.69) is 31.7 Å². The molecule has 0 spiro atoms. The summed E-state index contributed by atoms with van der Waals surface area (Å²) < 4.78 is 47.5. The van der Waals surface area contributed by atoms with Crippen LogP contribution in [0, 0.1) is 0 Å². The minimum Gasteiger partial charge on any atom is -0.480 e. The molecule has 0 amide bonds. The van der Waals surface area contributed by atoms with E-state index in [4.69, 9.17) is 19.9 Å². The molecule has 12 heteroatoms. The number of fused-ring (bicyclic) bond motifs is 1. The van der Waals surface area contributed by atoms with Gasteiger partial charge in [-0.15, -0.1) is 0 Å². The molecule has 4 aromatic rings. The fourth-order valence-corrected chi connectivity index (χ4v) is 6.66. The fraction of sp³-hybridized carbons (Fsp3) is 0.357. The van der Waals surface area contributed by atoms with Crippen LogP contribution >= 0.6 is 0 Å². The Bertz CT molecular complexity index is 1610. The molecule has 2 saturated heterocycles. The maximum absolute atomic E-state index is 13.3. The maximum atomic E-state index is 13.3. The molecule has 2 aliphatic rings. The highest BCUT2D eigenvalue weighted by Crippen LogP contribution is 2.32. The van der Waals surface area contributed by atoms with Crippen molar-refractivity contribution in [3.8, 4) is 22.7 Å². The number of hydrogen-bond donors (Lipinski definition) is 2. The molecule has 0 aliphatic carbocycles. The van der Waals surface area contributed by atoms with Gasteiger partial charge in [0, 0.05) is 55.5 Å². The van der Waals surface area contributed by atoms with Crippen molar-refractivity contribution in [1.82, 2.24) is 19.3 Å². The molecular weight excluding hydrogens is 532 g/mol. The largest absolute Gasteiger partial charge is 0.480 e. The quantitative estimate of drug-likeness (QED) is 0.347. The van der Waals surface area contributed by atoms with E-state index in [1.54, 1.807) is 12.3 Å². The highest BCUT2D eigenvalue weighted by atomic mass is 32.2. The van der Waals surface area contributed by atoms with E-state index in [0.29, 0.717) is 37.6 Å². The molecule has 210 valence electrons. The number of nitrogens with zero attached hydrogens (tertiary/aromatic N) is 4. The first kappa shape index (κ1) is 26.5. The summed E-state index contributed by atoms with van der Waals surface area (Å²) in [6.07, 6.45) is 2.84. The summed E-state index contributed by atoms with van der Waals surface area (Å²) in [5.41, 5.74) is 11.3. The Morgan fingerprint density at radius 2 is 1.65 bits per heavy atom. The third-order valence-electron chi connectivity index (χ3n) is 7.34. The van der Waals surface area contributed by atoms with Crippen LogP contribution in [0.4, 0.5) is 11.6 Å². The zero-order chi connectivity index (χ0) is 27.7. The molecule has 2 fully saturated rings. The molecule has 0 unspecified atom stereocenters. The van der Waals surface area contributed by atoms with E-state index in [0.717, 1.165) is 54.3 Å². The summed E-state index contributed by atoms with van der Waals surface area (Å²) in [6.45, 7) is 4.20. The first-order valence-corrected chi connectivity index (χ1v) is 14.8. The smallest absolute Gasteiger partial charge is 0.246 e. The van der Waals surface area contributed by atoms with Crippen molar-refractivity contribution in [2.75, 3.05) is 57.3 Å². The van der Waals surface area contributed by atoms with E-state index in [1.165, 1.54) is 7.11 Å². The van der Waals surface area contributed by atoms with Crippen molar-refractivity contribution in [1.29, 1.82) is 0 Å². The Labute approximate surface area is 232 Å². The third-order valence-corrected chi connectivity index (χ3v) is 8.86. The van der Waals surface area contributed by atoms with Gasteiger partial charge in [0.2, 0.25) is 21.9 Å². The highest BCUT2D eigenvalue weighted by molar-refractivity contribution is 7.89. The first-order valence-electron chi connectivity index (χ1n) is 13.3. The Morgan fingerprint density at radius 3 is 2.38 bits per heavy atom. The predicted molar refractivity (Wildman–Crippen MR) is 152 cm³/mol. The van der Waals surface area contributed by atoms with Gasteiger partial charge in [-0.25, -0.2) is 23.1 Å². The number of ether oxygens (including phenoxy) is 3. The van der Waals surface area contributed by atoms with Gasteiger partial charge >= 0.3 is 0 Å². The summed E-state index contributed by atoms with van der Waals surface area (Å²) in [7, 11) is -2.47. The van der Waals surface area contributed by atoms with E-state index in [1.807, 2.05) is 34.9 Å². The lowest BCUT2D eigenvalue weighted by Gasteiger charge is -2.29. The zero-order valence-corrected chi connectivity index (χ0v) is 23.1. The first-order chi connectivity index (χ1) is 19.4. The van der Waals surface area contributed by atoms with Gasteiger partial charge in [0.15, 0.2) is 0 Å². The Kier molecular flexibility index (Phi) is 7.32. The topological polar surface area (TPSA) is 134 Å². The monoisotopic (exact) mass is 564 g/mol. The SMILES string of the molecule is COc1ncc(-c2ccc3nc(N)n(-c4ccc(N5CCOCC5)cc4)c3c2)cc1S(=O)(=O)NC1CCOCC1. The average molecular weight is 565 g/mol. The van der Waals surface area contributed by atoms with E-state index in [-0.39, 0.29) is 16.8 Å². The van der Waals surface area contributed by atoms with Crippen LogP contribution in [0.25, 0.3) is 27.8 Å². The molecule has 4 heterocycles. The van der Waals surface area contributed by atoms with E-state index < -0.39 is 10.0 Å². The number of methoxy groups -OCH3 is 1. The number of hydrogen-bond acceptors (Lipinski definition) is 9. The van der Waals surface area contributed by atoms with Crippen molar-refractivity contribution < 1.29 is 22.6 Å². The van der Waals surface area contributed by atoms with Crippen molar-refractivity contribution in [3.05, 3.63) is 54.7 Å². The number of rotatable bonds is 7. The van der Waals surface area contributed by atoms with Crippen LogP contribution in [0.1, 0.15) is 12.8 Å². The lowest BCUT2D eigenvalue weighted by atomic mass is 10.1. The number of nitrogens with two attached hydrogens (primary N) is 1. The van der Waals surface area contributed by atoms with Gasteiger partial charge in [0.05, 0.1) is 31.4 Å². The molecule has 0 radical (unpaired) electrons. The van der Waals surface area contributed by atoms with Crippen LogP contribution in [-0.2, 0) is 19.5 Å². The number of sulfonamides is 1. The van der Waals surface area contributed by atoms with Crippen LogP contribution in [0.15, 0.2) is 59.6 Å². The van der Waals surface area contributed by atoms with E-state index in [9.17, 15) is 8.42 Å².